The van der Waals surface area contributed by atoms with Gasteiger partial charge < -0.3 is 10.2 Å². The van der Waals surface area contributed by atoms with E-state index >= 15 is 0 Å². The second-order valence-corrected chi connectivity index (χ2v) is 12.2. The Bertz CT molecular complexity index is 683. The summed E-state index contributed by atoms with van der Waals surface area (Å²) < 4.78 is 0. The standard InChI is InChI=1S/C27H44O2/c1-18(7-6-14-25(2,3)29)22-10-11-23-21-9-8-19-17-20(28)12-15-26(19,4)24(21)13-16-27(22,23)5/h8-9,18,20,22-24,28-29H,6-7,10-17H2,1-5H3/t18-,20+,22-,23+,24+,26+,27-/m1/s1. The van der Waals surface area contributed by atoms with Crippen LogP contribution in [0.15, 0.2) is 23.3 Å². The molecule has 0 aromatic heterocycles. The third-order valence-electron chi connectivity index (χ3n) is 9.75. The van der Waals surface area contributed by atoms with Crippen molar-refractivity contribution in [3.05, 3.63) is 23.3 Å². The largest absolute Gasteiger partial charge is 0.393 e. The maximum Gasteiger partial charge on any atom is 0.0591 e. The molecule has 4 aliphatic carbocycles. The lowest BCUT2D eigenvalue weighted by Gasteiger charge is -2.55. The Hall–Kier alpha value is -0.600. The Labute approximate surface area is 178 Å². The van der Waals surface area contributed by atoms with Crippen LogP contribution in [0.5, 0.6) is 0 Å². The number of fused-ring (bicyclic) bond motifs is 5. The molecule has 2 N–H and O–H groups in total. The van der Waals surface area contributed by atoms with Crippen LogP contribution >= 0.6 is 0 Å². The third kappa shape index (κ3) is 3.78. The van der Waals surface area contributed by atoms with Crippen LogP contribution in [0, 0.1) is 34.5 Å². The second kappa shape index (κ2) is 7.52. The smallest absolute Gasteiger partial charge is 0.0591 e. The molecule has 0 aliphatic heterocycles. The molecule has 0 aromatic rings. The Balaban J connectivity index is 1.51. The quantitative estimate of drug-likeness (QED) is 0.559. The predicted molar refractivity (Wildman–Crippen MR) is 120 cm³/mol. The zero-order valence-corrected chi connectivity index (χ0v) is 19.5. The molecule has 0 amide bonds. The zero-order chi connectivity index (χ0) is 21.0. The van der Waals surface area contributed by atoms with Crippen molar-refractivity contribution in [3.8, 4) is 0 Å². The molecule has 0 heterocycles. The van der Waals surface area contributed by atoms with Crippen LogP contribution in [-0.4, -0.2) is 21.9 Å². The van der Waals surface area contributed by atoms with Crippen LogP contribution in [0.2, 0.25) is 0 Å². The third-order valence-corrected chi connectivity index (χ3v) is 9.75. The van der Waals surface area contributed by atoms with E-state index in [1.807, 2.05) is 13.8 Å². The lowest BCUT2D eigenvalue weighted by atomic mass is 9.50. The van der Waals surface area contributed by atoms with Gasteiger partial charge in [0.05, 0.1) is 11.7 Å². The van der Waals surface area contributed by atoms with Gasteiger partial charge in [-0.05, 0) is 99.7 Å². The average Bonchev–Trinajstić information content (AvgIpc) is 2.98. The van der Waals surface area contributed by atoms with Gasteiger partial charge in [-0.15, -0.1) is 0 Å². The van der Waals surface area contributed by atoms with Gasteiger partial charge in [0, 0.05) is 0 Å². The Morgan fingerprint density at radius 1 is 1.07 bits per heavy atom. The first-order valence-corrected chi connectivity index (χ1v) is 12.4. The topological polar surface area (TPSA) is 40.5 Å². The second-order valence-electron chi connectivity index (χ2n) is 12.2. The van der Waals surface area contributed by atoms with Gasteiger partial charge in [0.1, 0.15) is 0 Å². The van der Waals surface area contributed by atoms with Crippen molar-refractivity contribution < 1.29 is 10.2 Å². The minimum atomic E-state index is -0.528. The zero-order valence-electron chi connectivity index (χ0n) is 19.5. The minimum Gasteiger partial charge on any atom is -0.393 e. The molecule has 0 aromatic carbocycles. The van der Waals surface area contributed by atoms with Crippen LogP contribution in [0.3, 0.4) is 0 Å². The normalized spacial score (nSPS) is 43.0. The van der Waals surface area contributed by atoms with Crippen molar-refractivity contribution in [2.45, 2.75) is 111 Å². The van der Waals surface area contributed by atoms with Gasteiger partial charge in [-0.3, -0.25) is 0 Å². The van der Waals surface area contributed by atoms with E-state index < -0.39 is 5.60 Å². The molecule has 0 bridgehead atoms. The van der Waals surface area contributed by atoms with Crippen LogP contribution in [0.25, 0.3) is 0 Å². The predicted octanol–water partition coefficient (Wildman–Crippen LogP) is 6.42. The number of aliphatic hydroxyl groups is 2. The molecule has 7 atom stereocenters. The first kappa shape index (κ1) is 21.6. The van der Waals surface area contributed by atoms with Crippen LogP contribution in [0.4, 0.5) is 0 Å². The van der Waals surface area contributed by atoms with Crippen molar-refractivity contribution in [1.82, 2.24) is 0 Å². The lowest BCUT2D eigenvalue weighted by Crippen LogP contribution is -2.46. The van der Waals surface area contributed by atoms with E-state index in [2.05, 4.69) is 32.9 Å². The van der Waals surface area contributed by atoms with Gasteiger partial charge in [0.2, 0.25) is 0 Å². The molecule has 3 fully saturated rings. The van der Waals surface area contributed by atoms with Gasteiger partial charge in [-0.1, -0.05) is 56.9 Å². The molecule has 2 nitrogen and oxygen atoms in total. The van der Waals surface area contributed by atoms with E-state index in [0.29, 0.717) is 16.7 Å². The number of rotatable bonds is 5. The van der Waals surface area contributed by atoms with E-state index in [1.165, 1.54) is 37.7 Å². The number of aliphatic hydroxyl groups excluding tert-OH is 1. The van der Waals surface area contributed by atoms with E-state index in [4.69, 9.17) is 0 Å². The summed E-state index contributed by atoms with van der Waals surface area (Å²) in [5.74, 6) is 3.03. The molecular formula is C27H44O2. The van der Waals surface area contributed by atoms with Crippen molar-refractivity contribution >= 4 is 0 Å². The number of hydrogen-bond donors (Lipinski definition) is 2. The summed E-state index contributed by atoms with van der Waals surface area (Å²) in [6, 6.07) is 0. The SMILES string of the molecule is C[C@H](CCCC(C)(C)O)[C@H]1CC[C@H]2C3=CC=C4C[C@@H](O)CC[C@]4(C)[C@H]3CC[C@]12C. The maximum absolute atomic E-state index is 10.2. The Morgan fingerprint density at radius 2 is 1.83 bits per heavy atom. The van der Waals surface area contributed by atoms with Gasteiger partial charge in [0.25, 0.3) is 0 Å². The molecule has 0 spiro atoms. The highest BCUT2D eigenvalue weighted by atomic mass is 16.3. The maximum atomic E-state index is 10.2. The van der Waals surface area contributed by atoms with E-state index in [0.717, 1.165) is 49.9 Å². The lowest BCUT2D eigenvalue weighted by molar-refractivity contribution is 0.0298. The van der Waals surface area contributed by atoms with Crippen LogP contribution in [0.1, 0.15) is 98.8 Å². The van der Waals surface area contributed by atoms with Crippen LogP contribution < -0.4 is 0 Å². The molecular weight excluding hydrogens is 356 g/mol. The van der Waals surface area contributed by atoms with Crippen molar-refractivity contribution in [3.63, 3.8) is 0 Å². The van der Waals surface area contributed by atoms with E-state index in [9.17, 15) is 10.2 Å². The monoisotopic (exact) mass is 400 g/mol. The highest BCUT2D eigenvalue weighted by molar-refractivity contribution is 5.38. The minimum absolute atomic E-state index is 0.126. The van der Waals surface area contributed by atoms with Crippen LogP contribution in [-0.2, 0) is 0 Å². The molecule has 4 aliphatic rings. The first-order valence-electron chi connectivity index (χ1n) is 12.4. The Morgan fingerprint density at radius 3 is 2.55 bits per heavy atom. The summed E-state index contributed by atoms with van der Waals surface area (Å²) >= 11 is 0. The molecule has 0 unspecified atom stereocenters. The van der Waals surface area contributed by atoms with Gasteiger partial charge >= 0.3 is 0 Å². The van der Waals surface area contributed by atoms with Crippen molar-refractivity contribution in [2.24, 2.45) is 34.5 Å². The summed E-state index contributed by atoms with van der Waals surface area (Å²) in [6.45, 7) is 11.5. The van der Waals surface area contributed by atoms with Gasteiger partial charge in [0.15, 0.2) is 0 Å². The summed E-state index contributed by atoms with van der Waals surface area (Å²) in [6.07, 6.45) is 16.5. The van der Waals surface area contributed by atoms with E-state index in [1.54, 1.807) is 5.57 Å². The Kier molecular flexibility index (Phi) is 5.61. The molecule has 2 heteroatoms. The summed E-state index contributed by atoms with van der Waals surface area (Å²) in [7, 11) is 0. The summed E-state index contributed by atoms with van der Waals surface area (Å²) in [4.78, 5) is 0. The highest BCUT2D eigenvalue weighted by Gasteiger charge is 2.56. The highest BCUT2D eigenvalue weighted by Crippen LogP contribution is 2.66. The average molecular weight is 401 g/mol. The molecule has 4 rings (SSSR count). The summed E-state index contributed by atoms with van der Waals surface area (Å²) in [5, 5.41) is 20.3. The fourth-order valence-corrected chi connectivity index (χ4v) is 8.02. The summed E-state index contributed by atoms with van der Waals surface area (Å²) in [5.41, 5.74) is 3.49. The number of allylic oxidation sites excluding steroid dienone is 3. The molecule has 29 heavy (non-hydrogen) atoms. The van der Waals surface area contributed by atoms with Gasteiger partial charge in [-0.25, -0.2) is 0 Å². The van der Waals surface area contributed by atoms with Crippen molar-refractivity contribution in [1.29, 1.82) is 0 Å². The fraction of sp³-hybridized carbons (Fsp3) is 0.852. The molecule has 0 saturated heterocycles. The first-order chi connectivity index (χ1) is 13.5. The molecule has 3 saturated carbocycles. The van der Waals surface area contributed by atoms with Gasteiger partial charge in [-0.2, -0.15) is 0 Å². The molecule has 164 valence electrons. The van der Waals surface area contributed by atoms with Crippen molar-refractivity contribution in [2.75, 3.05) is 0 Å². The fourth-order valence-electron chi connectivity index (χ4n) is 8.02. The van der Waals surface area contributed by atoms with E-state index in [-0.39, 0.29) is 6.10 Å². The molecule has 0 radical (unpaired) electrons. The number of hydrogen-bond acceptors (Lipinski definition) is 2.